The van der Waals surface area contributed by atoms with E-state index in [9.17, 15) is 14.7 Å². The fraction of sp³-hybridized carbons (Fsp3) is 0.375. The molecule has 0 bridgehead atoms. The Morgan fingerprint density at radius 1 is 1.19 bits per heavy atom. The van der Waals surface area contributed by atoms with Gasteiger partial charge in [-0.1, -0.05) is 37.5 Å². The molecule has 0 spiro atoms. The van der Waals surface area contributed by atoms with E-state index in [4.69, 9.17) is 0 Å². The predicted octanol–water partition coefficient (Wildman–Crippen LogP) is 5.15. The van der Waals surface area contributed by atoms with Crippen molar-refractivity contribution in [2.24, 2.45) is 0 Å². The molecule has 1 aliphatic heterocycles. The Bertz CT molecular complexity index is 1220. The van der Waals surface area contributed by atoms with Crippen LogP contribution in [0.15, 0.2) is 41.8 Å². The number of benzene rings is 1. The zero-order valence-corrected chi connectivity index (χ0v) is 18.5. The lowest BCUT2D eigenvalue weighted by atomic mass is 9.90. The second-order valence-electron chi connectivity index (χ2n) is 8.44. The van der Waals surface area contributed by atoms with Crippen LogP contribution in [0.2, 0.25) is 0 Å². The lowest BCUT2D eigenvalue weighted by molar-refractivity contribution is -0.132. The summed E-state index contributed by atoms with van der Waals surface area (Å²) >= 11 is 1.31. The first kappa shape index (κ1) is 20.0. The maximum absolute atomic E-state index is 13.7. The van der Waals surface area contributed by atoms with Crippen molar-refractivity contribution in [1.82, 2.24) is 14.9 Å². The molecule has 6 nitrogen and oxygen atoms in total. The topological polar surface area (TPSA) is 86.3 Å². The Morgan fingerprint density at radius 2 is 1.94 bits per heavy atom. The molecule has 160 valence electrons. The van der Waals surface area contributed by atoms with Crippen molar-refractivity contribution < 1.29 is 14.7 Å². The maximum Gasteiger partial charge on any atom is 0.290 e. The lowest BCUT2D eigenvalue weighted by Gasteiger charge is -2.36. The number of Topliss-reactive ketones (excluding diaryl/α,β-unsaturated/α-hetero) is 1. The number of nitrogens with zero attached hydrogens (tertiary/aromatic N) is 2. The number of thiazole rings is 1. The Kier molecular flexibility index (Phi) is 4.93. The zero-order chi connectivity index (χ0) is 21.7. The van der Waals surface area contributed by atoms with Crippen molar-refractivity contribution >= 4 is 33.9 Å². The molecule has 7 heteroatoms. The number of aliphatic hydroxyl groups is 1. The second-order valence-corrected chi connectivity index (χ2v) is 9.64. The van der Waals surface area contributed by atoms with Gasteiger partial charge in [-0.3, -0.25) is 9.59 Å². The van der Waals surface area contributed by atoms with Crippen LogP contribution in [0.3, 0.4) is 0 Å². The fourth-order valence-corrected chi connectivity index (χ4v) is 5.95. The number of carbonyl (C=O) groups excluding carboxylic acids is 2. The van der Waals surface area contributed by atoms with E-state index in [1.54, 1.807) is 11.8 Å². The number of hydrogen-bond donors (Lipinski definition) is 2. The Balaban J connectivity index is 1.68. The molecule has 1 saturated carbocycles. The average Bonchev–Trinajstić information content (AvgIpc) is 3.42. The Morgan fingerprint density at radius 3 is 2.65 bits per heavy atom. The minimum atomic E-state index is -0.610. The van der Waals surface area contributed by atoms with Gasteiger partial charge in [-0.25, -0.2) is 4.98 Å². The molecule has 2 aromatic heterocycles. The zero-order valence-electron chi connectivity index (χ0n) is 17.6. The molecule has 1 unspecified atom stereocenters. The first-order valence-electron chi connectivity index (χ1n) is 10.8. The van der Waals surface area contributed by atoms with Crippen LogP contribution in [0, 0.1) is 13.8 Å². The minimum absolute atomic E-state index is 0.0108. The smallest absolute Gasteiger partial charge is 0.290 e. The number of nitrogens with one attached hydrogen (secondary N) is 1. The molecule has 1 aromatic carbocycles. The summed E-state index contributed by atoms with van der Waals surface area (Å²) in [6.45, 7) is 3.65. The standard InChI is InChI=1S/C24H25N3O3S/c1-13-23(31-14(2)26-13)21(28)19-20(17-12-25-18-11-7-6-10-16(17)18)27(24(30)22(19)29)15-8-4-3-5-9-15/h6-7,10-12,15,20,25,29H,3-5,8-9H2,1-2H3. The van der Waals surface area contributed by atoms with Gasteiger partial charge in [-0.15, -0.1) is 11.3 Å². The van der Waals surface area contributed by atoms with Crippen molar-refractivity contribution in [3.8, 4) is 0 Å². The molecule has 0 saturated heterocycles. The van der Waals surface area contributed by atoms with E-state index in [1.165, 1.54) is 11.3 Å². The number of H-pyrrole nitrogens is 1. The van der Waals surface area contributed by atoms with Gasteiger partial charge in [0.2, 0.25) is 5.78 Å². The number of para-hydroxylation sites is 1. The molecule has 1 atom stereocenters. The number of aliphatic hydroxyl groups excluding tert-OH is 1. The molecule has 2 aliphatic rings. The number of aromatic amines is 1. The summed E-state index contributed by atoms with van der Waals surface area (Å²) in [5.74, 6) is -1.16. The quantitative estimate of drug-likeness (QED) is 0.555. The summed E-state index contributed by atoms with van der Waals surface area (Å²) in [5.41, 5.74) is 2.60. The van der Waals surface area contributed by atoms with Gasteiger partial charge in [0.1, 0.15) is 0 Å². The van der Waals surface area contributed by atoms with E-state index < -0.39 is 17.7 Å². The number of carbonyl (C=O) groups is 2. The molecule has 1 amide bonds. The summed E-state index contributed by atoms with van der Waals surface area (Å²) in [4.78, 5) is 36.9. The highest BCUT2D eigenvalue weighted by Crippen LogP contribution is 2.45. The minimum Gasteiger partial charge on any atom is -0.503 e. The third kappa shape index (κ3) is 3.19. The number of hydrogen-bond acceptors (Lipinski definition) is 5. The number of aryl methyl sites for hydroxylation is 2. The third-order valence-electron chi connectivity index (χ3n) is 6.48. The van der Waals surface area contributed by atoms with E-state index >= 15 is 0 Å². The van der Waals surface area contributed by atoms with Crippen molar-refractivity contribution in [1.29, 1.82) is 0 Å². The lowest BCUT2D eigenvalue weighted by Crippen LogP contribution is -2.41. The van der Waals surface area contributed by atoms with Crippen molar-refractivity contribution in [3.63, 3.8) is 0 Å². The van der Waals surface area contributed by atoms with Crippen LogP contribution in [-0.2, 0) is 4.79 Å². The second kappa shape index (κ2) is 7.64. The molecule has 2 N–H and O–H groups in total. The first-order valence-corrected chi connectivity index (χ1v) is 11.6. The molecule has 0 radical (unpaired) electrons. The molecular formula is C24H25N3O3S. The molecule has 1 aliphatic carbocycles. The summed E-state index contributed by atoms with van der Waals surface area (Å²) in [5, 5.41) is 12.7. The maximum atomic E-state index is 13.7. The van der Waals surface area contributed by atoms with Crippen LogP contribution >= 0.6 is 11.3 Å². The number of amides is 1. The number of aromatic nitrogens is 2. The van der Waals surface area contributed by atoms with E-state index in [0.29, 0.717) is 10.6 Å². The molecule has 31 heavy (non-hydrogen) atoms. The van der Waals surface area contributed by atoms with Gasteiger partial charge in [0.25, 0.3) is 5.91 Å². The average molecular weight is 436 g/mol. The first-order chi connectivity index (χ1) is 15.0. The van der Waals surface area contributed by atoms with Gasteiger partial charge >= 0.3 is 0 Å². The molecular weight excluding hydrogens is 410 g/mol. The predicted molar refractivity (Wildman–Crippen MR) is 120 cm³/mol. The monoisotopic (exact) mass is 435 g/mol. The van der Waals surface area contributed by atoms with E-state index in [2.05, 4.69) is 9.97 Å². The number of ketones is 1. The van der Waals surface area contributed by atoms with Crippen molar-refractivity contribution in [2.45, 2.75) is 58.0 Å². The number of rotatable bonds is 4. The van der Waals surface area contributed by atoms with Crippen LogP contribution in [0.1, 0.15) is 64.1 Å². The fourth-order valence-electron chi connectivity index (χ4n) is 5.08. The molecule has 1 fully saturated rings. The highest BCUT2D eigenvalue weighted by atomic mass is 32.1. The van der Waals surface area contributed by atoms with E-state index in [0.717, 1.165) is 53.6 Å². The summed E-state index contributed by atoms with van der Waals surface area (Å²) in [7, 11) is 0. The summed E-state index contributed by atoms with van der Waals surface area (Å²) in [6, 6.07) is 7.26. The highest BCUT2D eigenvalue weighted by Gasteiger charge is 2.48. The van der Waals surface area contributed by atoms with E-state index in [1.807, 2.05) is 37.4 Å². The SMILES string of the molecule is Cc1nc(C)c(C(=O)C2=C(O)C(=O)N(C3CCCCC3)C2c2c[nH]c3ccccc23)s1. The van der Waals surface area contributed by atoms with Crippen molar-refractivity contribution in [2.75, 3.05) is 0 Å². The molecule has 3 aromatic rings. The van der Waals surface area contributed by atoms with Gasteiger partial charge in [0.05, 0.1) is 27.2 Å². The Labute approximate surface area is 184 Å². The largest absolute Gasteiger partial charge is 0.503 e. The third-order valence-corrected chi connectivity index (χ3v) is 7.55. The van der Waals surface area contributed by atoms with Crippen LogP contribution in [0.25, 0.3) is 10.9 Å². The van der Waals surface area contributed by atoms with Gasteiger partial charge in [-0.2, -0.15) is 0 Å². The van der Waals surface area contributed by atoms with E-state index in [-0.39, 0.29) is 17.4 Å². The molecule has 5 rings (SSSR count). The summed E-state index contributed by atoms with van der Waals surface area (Å²) in [6.07, 6.45) is 6.89. The van der Waals surface area contributed by atoms with Crippen LogP contribution < -0.4 is 0 Å². The highest BCUT2D eigenvalue weighted by molar-refractivity contribution is 7.14. The van der Waals surface area contributed by atoms with Gasteiger partial charge < -0.3 is 15.0 Å². The van der Waals surface area contributed by atoms with Gasteiger partial charge in [0.15, 0.2) is 5.76 Å². The summed E-state index contributed by atoms with van der Waals surface area (Å²) < 4.78 is 0. The van der Waals surface area contributed by atoms with Gasteiger partial charge in [-0.05, 0) is 32.8 Å². The van der Waals surface area contributed by atoms with Crippen molar-refractivity contribution in [3.05, 3.63) is 62.9 Å². The van der Waals surface area contributed by atoms with Crippen LogP contribution in [0.4, 0.5) is 0 Å². The normalized spacial score (nSPS) is 20.3. The molecule has 3 heterocycles. The van der Waals surface area contributed by atoms with Crippen LogP contribution in [-0.4, -0.2) is 37.7 Å². The number of fused-ring (bicyclic) bond motifs is 1. The van der Waals surface area contributed by atoms with Gasteiger partial charge in [0, 0.05) is 28.7 Å². The Hall–Kier alpha value is -2.93. The van der Waals surface area contributed by atoms with Crippen LogP contribution in [0.5, 0.6) is 0 Å².